The summed E-state index contributed by atoms with van der Waals surface area (Å²) >= 11 is 0. The Morgan fingerprint density at radius 1 is 1.26 bits per heavy atom. The zero-order chi connectivity index (χ0) is 13.8. The third-order valence-corrected chi connectivity index (χ3v) is 4.30. The van der Waals surface area contributed by atoms with Crippen LogP contribution >= 0.6 is 0 Å². The van der Waals surface area contributed by atoms with Gasteiger partial charge in [-0.3, -0.25) is 9.59 Å². The van der Waals surface area contributed by atoms with Crippen LogP contribution in [0.1, 0.15) is 39.0 Å². The quantitative estimate of drug-likeness (QED) is 0.766. The highest BCUT2D eigenvalue weighted by atomic mass is 16.2. The van der Waals surface area contributed by atoms with Crippen molar-refractivity contribution in [3.63, 3.8) is 0 Å². The maximum absolute atomic E-state index is 12.6. The number of rotatable bonds is 2. The first-order chi connectivity index (χ1) is 9.13. The van der Waals surface area contributed by atoms with Crippen LogP contribution in [0, 0.1) is 5.92 Å². The van der Waals surface area contributed by atoms with Gasteiger partial charge in [0.25, 0.3) is 0 Å². The summed E-state index contributed by atoms with van der Waals surface area (Å²) in [5.41, 5.74) is 0. The second-order valence-electron chi connectivity index (χ2n) is 5.79. The predicted molar refractivity (Wildman–Crippen MR) is 73.6 cm³/mol. The van der Waals surface area contributed by atoms with Crippen molar-refractivity contribution in [2.24, 2.45) is 5.92 Å². The molecule has 0 bridgehead atoms. The molecule has 0 aromatic heterocycles. The highest BCUT2D eigenvalue weighted by Gasteiger charge is 2.36. The van der Waals surface area contributed by atoms with Crippen LogP contribution in [0.2, 0.25) is 0 Å². The fourth-order valence-electron chi connectivity index (χ4n) is 3.13. The minimum Gasteiger partial charge on any atom is -0.357 e. The van der Waals surface area contributed by atoms with Crippen LogP contribution in [-0.4, -0.2) is 48.9 Å². The van der Waals surface area contributed by atoms with E-state index >= 15 is 0 Å². The largest absolute Gasteiger partial charge is 0.357 e. The number of hydrogen-bond acceptors (Lipinski definition) is 3. The van der Waals surface area contributed by atoms with Crippen molar-refractivity contribution in [1.82, 2.24) is 15.5 Å². The van der Waals surface area contributed by atoms with E-state index in [1.165, 1.54) is 0 Å². The molecule has 0 radical (unpaired) electrons. The number of carbonyl (C=O) groups is 2. The van der Waals surface area contributed by atoms with Crippen molar-refractivity contribution in [2.45, 2.75) is 51.1 Å². The van der Waals surface area contributed by atoms with Gasteiger partial charge in [0.2, 0.25) is 11.8 Å². The van der Waals surface area contributed by atoms with E-state index in [1.807, 2.05) is 0 Å². The van der Waals surface area contributed by atoms with Crippen LogP contribution in [0.25, 0.3) is 0 Å². The highest BCUT2D eigenvalue weighted by molar-refractivity contribution is 5.90. The average molecular weight is 267 g/mol. The molecule has 0 spiro atoms. The van der Waals surface area contributed by atoms with Gasteiger partial charge < -0.3 is 15.5 Å². The number of likely N-dealkylation sites (tertiary alicyclic amines) is 1. The van der Waals surface area contributed by atoms with E-state index in [0.717, 1.165) is 38.6 Å². The summed E-state index contributed by atoms with van der Waals surface area (Å²) in [6, 6.07) is -0.376. The van der Waals surface area contributed by atoms with Gasteiger partial charge in [0.15, 0.2) is 0 Å². The number of nitrogens with one attached hydrogen (secondary N) is 2. The number of likely N-dealkylation sites (N-methyl/N-ethyl adjacent to an activating group) is 1. The Balaban J connectivity index is 2.04. The molecule has 3 atom stereocenters. The van der Waals surface area contributed by atoms with Crippen molar-refractivity contribution in [3.05, 3.63) is 0 Å². The summed E-state index contributed by atoms with van der Waals surface area (Å²) in [6.45, 7) is 3.80. The Labute approximate surface area is 115 Å². The van der Waals surface area contributed by atoms with E-state index in [-0.39, 0.29) is 23.9 Å². The van der Waals surface area contributed by atoms with Crippen molar-refractivity contribution >= 4 is 11.8 Å². The first-order valence-corrected chi connectivity index (χ1v) is 7.39. The Morgan fingerprint density at radius 3 is 2.74 bits per heavy atom. The molecule has 2 fully saturated rings. The van der Waals surface area contributed by atoms with Gasteiger partial charge >= 0.3 is 0 Å². The molecule has 2 aliphatic rings. The SMILES string of the molecule is CNC(=O)C1CCCCN1C(=O)C1CC(C)CCN1. The summed E-state index contributed by atoms with van der Waals surface area (Å²) in [5.74, 6) is 0.662. The zero-order valence-electron chi connectivity index (χ0n) is 11.9. The van der Waals surface area contributed by atoms with Gasteiger partial charge in [-0.25, -0.2) is 0 Å². The molecular weight excluding hydrogens is 242 g/mol. The van der Waals surface area contributed by atoms with Crippen molar-refractivity contribution in [1.29, 1.82) is 0 Å². The zero-order valence-corrected chi connectivity index (χ0v) is 11.9. The summed E-state index contributed by atoms with van der Waals surface area (Å²) < 4.78 is 0. The second-order valence-corrected chi connectivity index (χ2v) is 5.79. The maximum atomic E-state index is 12.6. The summed E-state index contributed by atoms with van der Waals surface area (Å²) in [6.07, 6.45) is 4.82. The molecular formula is C14H25N3O2. The van der Waals surface area contributed by atoms with Crippen LogP contribution in [0.4, 0.5) is 0 Å². The molecule has 19 heavy (non-hydrogen) atoms. The van der Waals surface area contributed by atoms with Crippen molar-refractivity contribution in [3.8, 4) is 0 Å². The van der Waals surface area contributed by atoms with Crippen molar-refractivity contribution in [2.75, 3.05) is 20.1 Å². The summed E-state index contributed by atoms with van der Waals surface area (Å²) in [5, 5.41) is 5.98. The van der Waals surface area contributed by atoms with Crippen LogP contribution in [-0.2, 0) is 9.59 Å². The first kappa shape index (κ1) is 14.3. The molecule has 0 aliphatic carbocycles. The standard InChI is InChI=1S/C14H25N3O2/c1-10-6-7-16-11(9-10)14(19)17-8-4-3-5-12(17)13(18)15-2/h10-12,16H,3-9H2,1-2H3,(H,15,18). The molecule has 2 aliphatic heterocycles. The average Bonchev–Trinajstić information content (AvgIpc) is 2.45. The van der Waals surface area contributed by atoms with E-state index in [1.54, 1.807) is 11.9 Å². The Bertz CT molecular complexity index is 346. The fourth-order valence-corrected chi connectivity index (χ4v) is 3.13. The van der Waals surface area contributed by atoms with E-state index in [9.17, 15) is 9.59 Å². The molecule has 5 nitrogen and oxygen atoms in total. The Morgan fingerprint density at radius 2 is 2.05 bits per heavy atom. The van der Waals surface area contributed by atoms with E-state index in [4.69, 9.17) is 0 Å². The van der Waals surface area contributed by atoms with E-state index < -0.39 is 0 Å². The lowest BCUT2D eigenvalue weighted by atomic mass is 9.92. The number of hydrogen-bond donors (Lipinski definition) is 2. The topological polar surface area (TPSA) is 61.4 Å². The fraction of sp³-hybridized carbons (Fsp3) is 0.857. The predicted octanol–water partition coefficient (Wildman–Crippen LogP) is 0.502. The van der Waals surface area contributed by atoms with Gasteiger partial charge in [0.1, 0.15) is 6.04 Å². The molecule has 2 saturated heterocycles. The third-order valence-electron chi connectivity index (χ3n) is 4.30. The smallest absolute Gasteiger partial charge is 0.242 e. The van der Waals surface area contributed by atoms with Gasteiger partial charge in [-0.15, -0.1) is 0 Å². The molecule has 2 N–H and O–H groups in total. The molecule has 108 valence electrons. The molecule has 5 heteroatoms. The number of carbonyl (C=O) groups excluding carboxylic acids is 2. The van der Waals surface area contributed by atoms with Gasteiger partial charge in [0, 0.05) is 13.6 Å². The molecule has 2 rings (SSSR count). The van der Waals surface area contributed by atoms with Crippen LogP contribution in [0.5, 0.6) is 0 Å². The summed E-state index contributed by atoms with van der Waals surface area (Å²) in [7, 11) is 1.64. The van der Waals surface area contributed by atoms with Gasteiger partial charge in [-0.05, 0) is 44.6 Å². The van der Waals surface area contributed by atoms with Crippen molar-refractivity contribution < 1.29 is 9.59 Å². The summed E-state index contributed by atoms with van der Waals surface area (Å²) in [4.78, 5) is 26.3. The number of nitrogens with zero attached hydrogens (tertiary/aromatic N) is 1. The molecule has 3 unspecified atom stereocenters. The maximum Gasteiger partial charge on any atom is 0.242 e. The highest BCUT2D eigenvalue weighted by Crippen LogP contribution is 2.22. The van der Waals surface area contributed by atoms with Gasteiger partial charge in [-0.2, -0.15) is 0 Å². The second kappa shape index (κ2) is 6.37. The molecule has 0 saturated carbocycles. The monoisotopic (exact) mass is 267 g/mol. The molecule has 2 amide bonds. The Hall–Kier alpha value is -1.10. The number of piperidine rings is 2. The van der Waals surface area contributed by atoms with Crippen LogP contribution < -0.4 is 10.6 Å². The van der Waals surface area contributed by atoms with E-state index in [2.05, 4.69) is 17.6 Å². The lowest BCUT2D eigenvalue weighted by molar-refractivity contribution is -0.144. The lowest BCUT2D eigenvalue weighted by Gasteiger charge is -2.38. The van der Waals surface area contributed by atoms with Gasteiger partial charge in [-0.1, -0.05) is 6.92 Å². The van der Waals surface area contributed by atoms with Gasteiger partial charge in [0.05, 0.1) is 6.04 Å². The first-order valence-electron chi connectivity index (χ1n) is 7.39. The third kappa shape index (κ3) is 3.26. The molecule has 0 aromatic rings. The Kier molecular flexibility index (Phi) is 4.80. The molecule has 0 aromatic carbocycles. The van der Waals surface area contributed by atoms with Crippen LogP contribution in [0.3, 0.4) is 0 Å². The minimum absolute atomic E-state index is 0.0306. The minimum atomic E-state index is -0.273. The number of amides is 2. The van der Waals surface area contributed by atoms with Crippen LogP contribution in [0.15, 0.2) is 0 Å². The normalized spacial score (nSPS) is 31.9. The molecule has 2 heterocycles. The lowest BCUT2D eigenvalue weighted by Crippen LogP contribution is -2.57. The van der Waals surface area contributed by atoms with E-state index in [0.29, 0.717) is 12.5 Å².